The molecule has 1 aromatic carbocycles. The molecule has 0 bridgehead atoms. The summed E-state index contributed by atoms with van der Waals surface area (Å²) >= 11 is 3.41. The van der Waals surface area contributed by atoms with Crippen molar-refractivity contribution in [2.45, 2.75) is 33.1 Å². The zero-order chi connectivity index (χ0) is 13.5. The van der Waals surface area contributed by atoms with Crippen molar-refractivity contribution in [2.24, 2.45) is 11.7 Å². The Hall–Kier alpha value is -0.870. The molecule has 1 aromatic rings. The van der Waals surface area contributed by atoms with Gasteiger partial charge in [0.1, 0.15) is 0 Å². The van der Waals surface area contributed by atoms with Crippen molar-refractivity contribution >= 4 is 27.5 Å². The Kier molecular flexibility index (Phi) is 6.36. The van der Waals surface area contributed by atoms with Gasteiger partial charge in [0.05, 0.1) is 0 Å². The predicted molar refractivity (Wildman–Crippen MR) is 79.6 cm³/mol. The highest BCUT2D eigenvalue weighted by Gasteiger charge is 2.08. The molecule has 1 rings (SSSR count). The first kappa shape index (κ1) is 15.2. The highest BCUT2D eigenvalue weighted by Crippen LogP contribution is 2.20. The molecule has 0 radical (unpaired) electrons. The molecule has 3 nitrogen and oxygen atoms in total. The number of carbonyl (C=O) groups excluding carboxylic acids is 1. The second kappa shape index (κ2) is 7.54. The Morgan fingerprint density at radius 3 is 2.78 bits per heavy atom. The summed E-state index contributed by atoms with van der Waals surface area (Å²) in [6.07, 6.45) is 2.42. The highest BCUT2D eigenvalue weighted by atomic mass is 79.9. The van der Waals surface area contributed by atoms with E-state index < -0.39 is 0 Å². The van der Waals surface area contributed by atoms with Crippen molar-refractivity contribution in [2.75, 3.05) is 11.9 Å². The summed E-state index contributed by atoms with van der Waals surface area (Å²) in [4.78, 5) is 11.8. The first-order chi connectivity index (χ1) is 8.52. The summed E-state index contributed by atoms with van der Waals surface area (Å²) in [5.74, 6) is 0.580. The number of carbonyl (C=O) groups is 1. The van der Waals surface area contributed by atoms with E-state index in [4.69, 9.17) is 5.73 Å². The highest BCUT2D eigenvalue weighted by molar-refractivity contribution is 9.10. The van der Waals surface area contributed by atoms with Crippen molar-refractivity contribution in [3.8, 4) is 0 Å². The van der Waals surface area contributed by atoms with Crippen LogP contribution in [-0.2, 0) is 4.79 Å². The van der Waals surface area contributed by atoms with Crippen LogP contribution in [0.3, 0.4) is 0 Å². The lowest BCUT2D eigenvalue weighted by Crippen LogP contribution is -2.14. The molecule has 0 spiro atoms. The summed E-state index contributed by atoms with van der Waals surface area (Å²) < 4.78 is 1.02. The third-order valence-corrected chi connectivity index (χ3v) is 3.48. The van der Waals surface area contributed by atoms with E-state index in [0.29, 0.717) is 18.9 Å². The van der Waals surface area contributed by atoms with E-state index in [1.807, 2.05) is 25.1 Å². The fraction of sp³-hybridized carbons (Fsp3) is 0.500. The number of hydrogen-bond donors (Lipinski definition) is 2. The van der Waals surface area contributed by atoms with Crippen LogP contribution >= 0.6 is 15.9 Å². The molecule has 3 N–H and O–H groups in total. The average molecular weight is 313 g/mol. The van der Waals surface area contributed by atoms with Gasteiger partial charge in [0.15, 0.2) is 0 Å². The molecule has 0 aromatic heterocycles. The molecular weight excluding hydrogens is 292 g/mol. The Morgan fingerprint density at radius 2 is 2.17 bits per heavy atom. The van der Waals surface area contributed by atoms with Crippen molar-refractivity contribution in [3.63, 3.8) is 0 Å². The van der Waals surface area contributed by atoms with Gasteiger partial charge in [-0.05, 0) is 56.0 Å². The number of rotatable bonds is 6. The van der Waals surface area contributed by atoms with Crippen molar-refractivity contribution in [3.05, 3.63) is 28.2 Å². The fourth-order valence-corrected chi connectivity index (χ4v) is 2.26. The largest absolute Gasteiger partial charge is 0.330 e. The van der Waals surface area contributed by atoms with Gasteiger partial charge >= 0.3 is 0 Å². The van der Waals surface area contributed by atoms with Gasteiger partial charge in [-0.3, -0.25) is 4.79 Å². The topological polar surface area (TPSA) is 55.1 Å². The normalized spacial score (nSPS) is 12.2. The standard InChI is InChI=1S/C14H21BrN2O/c1-10(7-8-16)3-6-14(18)17-13-5-4-12(15)9-11(13)2/h4-5,9-10H,3,6-8,16H2,1-2H3,(H,17,18). The Balaban J connectivity index is 2.44. The first-order valence-corrected chi connectivity index (χ1v) is 7.08. The minimum atomic E-state index is 0.0734. The Labute approximate surface area is 117 Å². The monoisotopic (exact) mass is 312 g/mol. The second-order valence-corrected chi connectivity index (χ2v) is 5.64. The first-order valence-electron chi connectivity index (χ1n) is 6.29. The second-order valence-electron chi connectivity index (χ2n) is 4.73. The van der Waals surface area contributed by atoms with Crippen LogP contribution in [0.5, 0.6) is 0 Å². The summed E-state index contributed by atoms with van der Waals surface area (Å²) in [6, 6.07) is 5.84. The van der Waals surface area contributed by atoms with Crippen LogP contribution in [-0.4, -0.2) is 12.5 Å². The summed E-state index contributed by atoms with van der Waals surface area (Å²) in [7, 11) is 0. The number of amides is 1. The van der Waals surface area contributed by atoms with Crippen LogP contribution in [0.25, 0.3) is 0 Å². The summed E-state index contributed by atoms with van der Waals surface area (Å²) in [6.45, 7) is 4.80. The SMILES string of the molecule is Cc1cc(Br)ccc1NC(=O)CCC(C)CCN. The van der Waals surface area contributed by atoms with Crippen molar-refractivity contribution < 1.29 is 4.79 Å². The van der Waals surface area contributed by atoms with Gasteiger partial charge < -0.3 is 11.1 Å². The molecule has 1 atom stereocenters. The van der Waals surface area contributed by atoms with Crippen molar-refractivity contribution in [1.82, 2.24) is 0 Å². The minimum Gasteiger partial charge on any atom is -0.330 e. The third-order valence-electron chi connectivity index (χ3n) is 2.99. The van der Waals surface area contributed by atoms with Crippen LogP contribution in [0.15, 0.2) is 22.7 Å². The molecule has 100 valence electrons. The molecule has 18 heavy (non-hydrogen) atoms. The van der Waals surface area contributed by atoms with E-state index in [-0.39, 0.29) is 5.91 Å². The summed E-state index contributed by atoms with van der Waals surface area (Å²) in [5.41, 5.74) is 7.44. The molecule has 0 aliphatic rings. The van der Waals surface area contributed by atoms with E-state index in [1.54, 1.807) is 0 Å². The molecule has 0 aliphatic heterocycles. The zero-order valence-corrected chi connectivity index (χ0v) is 12.6. The third kappa shape index (κ3) is 5.19. The lowest BCUT2D eigenvalue weighted by molar-refractivity contribution is -0.116. The van der Waals surface area contributed by atoms with E-state index in [2.05, 4.69) is 28.2 Å². The van der Waals surface area contributed by atoms with Gasteiger partial charge in [-0.15, -0.1) is 0 Å². The summed E-state index contributed by atoms with van der Waals surface area (Å²) in [5, 5.41) is 2.94. The van der Waals surface area contributed by atoms with Gasteiger partial charge in [-0.25, -0.2) is 0 Å². The molecule has 0 saturated carbocycles. The number of halogens is 1. The number of nitrogens with two attached hydrogens (primary N) is 1. The van der Waals surface area contributed by atoms with E-state index in [9.17, 15) is 4.79 Å². The van der Waals surface area contributed by atoms with Gasteiger partial charge in [0.2, 0.25) is 5.91 Å². The van der Waals surface area contributed by atoms with Gasteiger partial charge in [-0.2, -0.15) is 0 Å². The quantitative estimate of drug-likeness (QED) is 0.845. The lowest BCUT2D eigenvalue weighted by Gasteiger charge is -2.11. The number of benzene rings is 1. The average Bonchev–Trinajstić information content (AvgIpc) is 2.31. The molecule has 0 saturated heterocycles. The smallest absolute Gasteiger partial charge is 0.224 e. The Morgan fingerprint density at radius 1 is 1.44 bits per heavy atom. The maximum atomic E-state index is 11.8. The van der Waals surface area contributed by atoms with Gasteiger partial charge in [0, 0.05) is 16.6 Å². The van der Waals surface area contributed by atoms with Crippen LogP contribution in [0.4, 0.5) is 5.69 Å². The van der Waals surface area contributed by atoms with Crippen LogP contribution < -0.4 is 11.1 Å². The maximum absolute atomic E-state index is 11.8. The predicted octanol–water partition coefficient (Wildman–Crippen LogP) is 3.46. The van der Waals surface area contributed by atoms with E-state index >= 15 is 0 Å². The molecule has 0 fully saturated rings. The molecule has 0 aliphatic carbocycles. The van der Waals surface area contributed by atoms with Gasteiger partial charge in [-0.1, -0.05) is 22.9 Å². The minimum absolute atomic E-state index is 0.0734. The van der Waals surface area contributed by atoms with Gasteiger partial charge in [0.25, 0.3) is 0 Å². The van der Waals surface area contributed by atoms with E-state index in [1.165, 1.54) is 0 Å². The zero-order valence-electron chi connectivity index (χ0n) is 11.0. The molecule has 0 heterocycles. The van der Waals surface area contributed by atoms with Crippen LogP contribution in [0.1, 0.15) is 31.7 Å². The maximum Gasteiger partial charge on any atom is 0.224 e. The lowest BCUT2D eigenvalue weighted by atomic mass is 10.0. The number of nitrogens with one attached hydrogen (secondary N) is 1. The van der Waals surface area contributed by atoms with Crippen molar-refractivity contribution in [1.29, 1.82) is 0 Å². The number of hydrogen-bond acceptors (Lipinski definition) is 2. The number of anilines is 1. The van der Waals surface area contributed by atoms with Crippen LogP contribution in [0.2, 0.25) is 0 Å². The molecule has 4 heteroatoms. The number of aryl methyl sites for hydroxylation is 1. The molecule has 1 unspecified atom stereocenters. The molecule has 1 amide bonds. The van der Waals surface area contributed by atoms with E-state index in [0.717, 1.165) is 28.6 Å². The van der Waals surface area contributed by atoms with Crippen LogP contribution in [0, 0.1) is 12.8 Å². The Bertz CT molecular complexity index is 407. The fourth-order valence-electron chi connectivity index (χ4n) is 1.79. The molecular formula is C14H21BrN2O.